The molecule has 2 heterocycles. The molecular weight excluding hydrogens is 286 g/mol. The fraction of sp³-hybridized carbons (Fsp3) is 0.533. The molecule has 1 N–H and O–H groups in total. The van der Waals surface area contributed by atoms with Crippen molar-refractivity contribution in [1.29, 1.82) is 0 Å². The van der Waals surface area contributed by atoms with Gasteiger partial charge < -0.3 is 8.98 Å². The first-order valence-electron chi connectivity index (χ1n) is 7.37. The predicted molar refractivity (Wildman–Crippen MR) is 82.9 cm³/mol. The van der Waals surface area contributed by atoms with Crippen LogP contribution in [-0.2, 0) is 19.4 Å². The fourth-order valence-corrected chi connectivity index (χ4v) is 2.97. The zero-order valence-electron chi connectivity index (χ0n) is 12.3. The number of hydrogen-bond acceptors (Lipinski definition) is 4. The Morgan fingerprint density at radius 1 is 1.48 bits per heavy atom. The Hall–Kier alpha value is -1.69. The maximum Gasteiger partial charge on any atom is 0.284 e. The van der Waals surface area contributed by atoms with Crippen LogP contribution in [0.15, 0.2) is 15.3 Å². The minimum Gasteiger partial charge on any atom is -0.409 e. The summed E-state index contributed by atoms with van der Waals surface area (Å²) in [4.78, 5) is 13.0. The van der Waals surface area contributed by atoms with E-state index in [9.17, 15) is 4.79 Å². The summed E-state index contributed by atoms with van der Waals surface area (Å²) in [5, 5.41) is 6.58. The van der Waals surface area contributed by atoms with Gasteiger partial charge in [0.2, 0.25) is 0 Å². The standard InChI is InChI=1S/C15H19N3O2S/c1-9(2)6-7-18-12-5-3-4-10(12)8-11(14(18)19)13-16-17-15(21)20-13/h8-9H,3-7H2,1-2H3,(H,17,21). The van der Waals surface area contributed by atoms with Gasteiger partial charge in [-0.15, -0.1) is 5.10 Å². The van der Waals surface area contributed by atoms with Crippen molar-refractivity contribution < 1.29 is 4.42 Å². The van der Waals surface area contributed by atoms with E-state index >= 15 is 0 Å². The minimum absolute atomic E-state index is 0.0263. The van der Waals surface area contributed by atoms with E-state index < -0.39 is 0 Å². The third-order valence-electron chi connectivity index (χ3n) is 3.95. The predicted octanol–water partition coefficient (Wildman–Crippen LogP) is 3.10. The second-order valence-corrected chi connectivity index (χ2v) is 6.31. The van der Waals surface area contributed by atoms with Gasteiger partial charge in [-0.05, 0) is 55.4 Å². The Morgan fingerprint density at radius 3 is 2.95 bits per heavy atom. The normalized spacial score (nSPS) is 13.9. The van der Waals surface area contributed by atoms with E-state index in [1.54, 1.807) is 0 Å². The molecule has 0 bridgehead atoms. The van der Waals surface area contributed by atoms with Crippen LogP contribution in [0.2, 0.25) is 0 Å². The summed E-state index contributed by atoms with van der Waals surface area (Å²) >= 11 is 4.90. The SMILES string of the molecule is CC(C)CCn1c2c(cc(-c3n[nH]c(=S)o3)c1=O)CCC2. The molecule has 0 aromatic carbocycles. The van der Waals surface area contributed by atoms with Crippen LogP contribution < -0.4 is 5.56 Å². The lowest BCUT2D eigenvalue weighted by molar-refractivity contribution is 0.497. The number of aryl methyl sites for hydroxylation is 1. The van der Waals surface area contributed by atoms with E-state index in [1.165, 1.54) is 11.3 Å². The number of pyridine rings is 1. The number of aromatic amines is 1. The molecule has 1 aliphatic carbocycles. The van der Waals surface area contributed by atoms with E-state index in [4.69, 9.17) is 16.6 Å². The maximum atomic E-state index is 12.8. The van der Waals surface area contributed by atoms with Gasteiger partial charge >= 0.3 is 0 Å². The quantitative estimate of drug-likeness (QED) is 0.882. The summed E-state index contributed by atoms with van der Waals surface area (Å²) in [5.41, 5.74) is 2.89. The van der Waals surface area contributed by atoms with Crippen molar-refractivity contribution in [3.8, 4) is 11.5 Å². The van der Waals surface area contributed by atoms with Crippen LogP contribution in [0.3, 0.4) is 0 Å². The molecule has 2 aromatic heterocycles. The number of nitrogens with one attached hydrogen (secondary N) is 1. The summed E-state index contributed by atoms with van der Waals surface area (Å²) in [7, 11) is 0. The highest BCUT2D eigenvalue weighted by atomic mass is 32.1. The van der Waals surface area contributed by atoms with Gasteiger partial charge in [0.25, 0.3) is 16.3 Å². The molecule has 0 saturated carbocycles. The van der Waals surface area contributed by atoms with E-state index in [1.807, 2.05) is 10.6 Å². The maximum absolute atomic E-state index is 12.8. The van der Waals surface area contributed by atoms with Crippen molar-refractivity contribution >= 4 is 12.2 Å². The molecule has 0 spiro atoms. The minimum atomic E-state index is -0.0263. The lowest BCUT2D eigenvalue weighted by Crippen LogP contribution is -2.26. The number of rotatable bonds is 4. The molecule has 6 heteroatoms. The Morgan fingerprint density at radius 2 is 2.29 bits per heavy atom. The Kier molecular flexibility index (Phi) is 3.80. The number of fused-ring (bicyclic) bond motifs is 1. The van der Waals surface area contributed by atoms with Crippen LogP contribution in [0.4, 0.5) is 0 Å². The van der Waals surface area contributed by atoms with Gasteiger partial charge in [-0.1, -0.05) is 13.8 Å². The first-order chi connectivity index (χ1) is 10.1. The van der Waals surface area contributed by atoms with Crippen LogP contribution in [0, 0.1) is 10.8 Å². The second kappa shape index (κ2) is 5.60. The van der Waals surface area contributed by atoms with Gasteiger partial charge in [0.1, 0.15) is 5.56 Å². The van der Waals surface area contributed by atoms with Crippen LogP contribution in [-0.4, -0.2) is 14.8 Å². The summed E-state index contributed by atoms with van der Waals surface area (Å²) in [6, 6.07) is 1.92. The molecule has 0 saturated heterocycles. The molecule has 0 radical (unpaired) electrons. The molecule has 5 nitrogen and oxygen atoms in total. The molecule has 0 aliphatic heterocycles. The van der Waals surface area contributed by atoms with Crippen LogP contribution >= 0.6 is 12.2 Å². The van der Waals surface area contributed by atoms with Gasteiger partial charge in [0.15, 0.2) is 0 Å². The van der Waals surface area contributed by atoms with Crippen molar-refractivity contribution in [3.05, 3.63) is 32.5 Å². The van der Waals surface area contributed by atoms with Crippen molar-refractivity contribution in [1.82, 2.24) is 14.8 Å². The topological polar surface area (TPSA) is 63.8 Å². The van der Waals surface area contributed by atoms with Gasteiger partial charge in [0.05, 0.1) is 0 Å². The number of hydrogen-bond donors (Lipinski definition) is 1. The van der Waals surface area contributed by atoms with Crippen LogP contribution in [0.1, 0.15) is 37.9 Å². The molecule has 0 amide bonds. The third kappa shape index (κ3) is 2.72. The Balaban J connectivity index is 2.12. The summed E-state index contributed by atoms with van der Waals surface area (Å²) < 4.78 is 7.23. The molecule has 0 fully saturated rings. The van der Waals surface area contributed by atoms with Crippen LogP contribution in [0.5, 0.6) is 0 Å². The lowest BCUT2D eigenvalue weighted by atomic mass is 10.1. The van der Waals surface area contributed by atoms with E-state index in [0.717, 1.165) is 32.2 Å². The lowest BCUT2D eigenvalue weighted by Gasteiger charge is -2.14. The first-order valence-corrected chi connectivity index (χ1v) is 7.78. The van der Waals surface area contributed by atoms with Crippen molar-refractivity contribution in [2.75, 3.05) is 0 Å². The van der Waals surface area contributed by atoms with E-state index in [-0.39, 0.29) is 16.3 Å². The van der Waals surface area contributed by atoms with Crippen molar-refractivity contribution in [2.45, 2.75) is 46.1 Å². The smallest absolute Gasteiger partial charge is 0.284 e. The summed E-state index contributed by atoms with van der Waals surface area (Å²) in [6.45, 7) is 5.08. The Bertz CT molecular complexity index is 770. The molecule has 3 rings (SSSR count). The molecule has 0 atom stereocenters. The summed E-state index contributed by atoms with van der Waals surface area (Å²) in [6.07, 6.45) is 4.08. The van der Waals surface area contributed by atoms with E-state index in [0.29, 0.717) is 11.5 Å². The van der Waals surface area contributed by atoms with Gasteiger partial charge in [-0.3, -0.25) is 4.79 Å². The van der Waals surface area contributed by atoms with Crippen LogP contribution in [0.25, 0.3) is 11.5 Å². The second-order valence-electron chi connectivity index (χ2n) is 5.94. The molecule has 112 valence electrons. The van der Waals surface area contributed by atoms with Gasteiger partial charge in [0, 0.05) is 12.2 Å². The van der Waals surface area contributed by atoms with Crippen molar-refractivity contribution in [3.63, 3.8) is 0 Å². The molecule has 1 aliphatic rings. The molecule has 0 unspecified atom stereocenters. The molecular formula is C15H19N3O2S. The Labute approximate surface area is 128 Å². The van der Waals surface area contributed by atoms with Gasteiger partial charge in [-0.25, -0.2) is 5.10 Å². The number of H-pyrrole nitrogens is 1. The first kappa shape index (κ1) is 14.3. The average Bonchev–Trinajstić information content (AvgIpc) is 3.05. The van der Waals surface area contributed by atoms with Crippen molar-refractivity contribution in [2.24, 2.45) is 5.92 Å². The zero-order chi connectivity index (χ0) is 15.0. The monoisotopic (exact) mass is 305 g/mol. The largest absolute Gasteiger partial charge is 0.409 e. The third-order valence-corrected chi connectivity index (χ3v) is 4.12. The molecule has 21 heavy (non-hydrogen) atoms. The average molecular weight is 305 g/mol. The number of nitrogens with zero attached hydrogens (tertiary/aromatic N) is 2. The summed E-state index contributed by atoms with van der Waals surface area (Å²) in [5.74, 6) is 0.852. The highest BCUT2D eigenvalue weighted by molar-refractivity contribution is 7.71. The zero-order valence-corrected chi connectivity index (χ0v) is 13.1. The molecule has 2 aromatic rings. The highest BCUT2D eigenvalue weighted by Gasteiger charge is 2.21. The highest BCUT2D eigenvalue weighted by Crippen LogP contribution is 2.25. The number of aromatic nitrogens is 3. The fourth-order valence-electron chi connectivity index (χ4n) is 2.84. The van der Waals surface area contributed by atoms with Gasteiger partial charge in [-0.2, -0.15) is 0 Å². The van der Waals surface area contributed by atoms with E-state index in [2.05, 4.69) is 24.0 Å².